The average molecular weight is 359 g/mol. The summed E-state index contributed by atoms with van der Waals surface area (Å²) in [7, 11) is -3.00. The molecule has 1 aliphatic heterocycles. The van der Waals surface area contributed by atoms with Gasteiger partial charge in [-0.25, -0.2) is 12.7 Å². The Kier molecular flexibility index (Phi) is 7.81. The molecular weight excluding hydrogens is 324 g/mol. The van der Waals surface area contributed by atoms with E-state index in [0.29, 0.717) is 25.4 Å². The summed E-state index contributed by atoms with van der Waals surface area (Å²) in [6.07, 6.45) is 7.32. The smallest absolute Gasteiger partial charge is 0.214 e. The first-order valence-corrected chi connectivity index (χ1v) is 11.1. The van der Waals surface area contributed by atoms with Crippen molar-refractivity contribution in [3.05, 3.63) is 0 Å². The van der Waals surface area contributed by atoms with Gasteiger partial charge < -0.3 is 10.6 Å². The number of hydrogen-bond donors (Lipinski definition) is 2. The minimum Gasteiger partial charge on any atom is -0.357 e. The second-order valence-corrected chi connectivity index (χ2v) is 9.27. The van der Waals surface area contributed by atoms with Crippen molar-refractivity contribution in [2.75, 3.05) is 38.5 Å². The molecule has 2 aliphatic rings. The third-order valence-electron chi connectivity index (χ3n) is 5.05. The van der Waals surface area contributed by atoms with E-state index in [0.717, 1.165) is 43.7 Å². The molecule has 0 bridgehead atoms. The lowest BCUT2D eigenvalue weighted by atomic mass is 9.81. The number of sulfonamides is 1. The Morgan fingerprint density at radius 2 is 2.08 bits per heavy atom. The van der Waals surface area contributed by atoms with Crippen molar-refractivity contribution in [3.63, 3.8) is 0 Å². The van der Waals surface area contributed by atoms with Gasteiger partial charge >= 0.3 is 0 Å². The number of nitrogens with one attached hydrogen (secondary N) is 2. The van der Waals surface area contributed by atoms with E-state index < -0.39 is 10.0 Å². The Labute approximate surface area is 147 Å². The maximum atomic E-state index is 11.8. The fraction of sp³-hybridized carbons (Fsp3) is 0.941. The van der Waals surface area contributed by atoms with E-state index in [-0.39, 0.29) is 0 Å². The molecule has 1 saturated heterocycles. The van der Waals surface area contributed by atoms with Crippen LogP contribution >= 0.6 is 0 Å². The molecule has 0 aromatic carbocycles. The van der Waals surface area contributed by atoms with Crippen molar-refractivity contribution in [3.8, 4) is 0 Å². The maximum Gasteiger partial charge on any atom is 0.214 e. The van der Waals surface area contributed by atoms with E-state index in [9.17, 15) is 8.42 Å². The van der Waals surface area contributed by atoms with E-state index in [1.807, 2.05) is 6.92 Å². The highest BCUT2D eigenvalue weighted by Crippen LogP contribution is 2.30. The van der Waals surface area contributed by atoms with Gasteiger partial charge in [0.1, 0.15) is 0 Å². The Morgan fingerprint density at radius 3 is 2.75 bits per heavy atom. The molecule has 7 heteroatoms. The van der Waals surface area contributed by atoms with Crippen molar-refractivity contribution in [2.45, 2.75) is 52.4 Å². The van der Waals surface area contributed by atoms with Crippen LogP contribution < -0.4 is 10.6 Å². The van der Waals surface area contributed by atoms with Crippen LogP contribution in [0.1, 0.15) is 52.4 Å². The largest absolute Gasteiger partial charge is 0.357 e. The topological polar surface area (TPSA) is 73.8 Å². The van der Waals surface area contributed by atoms with E-state index in [4.69, 9.17) is 0 Å². The summed E-state index contributed by atoms with van der Waals surface area (Å²) in [5.74, 6) is 2.77. The van der Waals surface area contributed by atoms with Gasteiger partial charge in [-0.3, -0.25) is 4.99 Å². The summed E-state index contributed by atoms with van der Waals surface area (Å²) in [6.45, 7) is 7.83. The van der Waals surface area contributed by atoms with E-state index in [2.05, 4.69) is 22.5 Å². The third-order valence-corrected chi connectivity index (χ3v) is 7.01. The second-order valence-electron chi connectivity index (χ2n) is 7.18. The lowest BCUT2D eigenvalue weighted by Crippen LogP contribution is -2.42. The van der Waals surface area contributed by atoms with Crippen LogP contribution in [0.5, 0.6) is 0 Å². The fourth-order valence-corrected chi connectivity index (χ4v) is 5.29. The third kappa shape index (κ3) is 6.24. The van der Waals surface area contributed by atoms with Crippen molar-refractivity contribution in [1.82, 2.24) is 14.9 Å². The fourth-order valence-electron chi connectivity index (χ4n) is 3.76. The van der Waals surface area contributed by atoms with Crippen molar-refractivity contribution in [2.24, 2.45) is 16.8 Å². The zero-order valence-corrected chi connectivity index (χ0v) is 16.1. The predicted octanol–water partition coefficient (Wildman–Crippen LogP) is 1.79. The molecule has 0 aromatic heterocycles. The minimum atomic E-state index is -3.00. The monoisotopic (exact) mass is 358 g/mol. The lowest BCUT2D eigenvalue weighted by molar-refractivity contribution is 0.272. The zero-order chi connectivity index (χ0) is 17.4. The molecule has 6 nitrogen and oxygen atoms in total. The van der Waals surface area contributed by atoms with Crippen LogP contribution in [0.3, 0.4) is 0 Å². The maximum absolute atomic E-state index is 11.8. The van der Waals surface area contributed by atoms with Crippen LogP contribution in [0, 0.1) is 11.8 Å². The summed E-state index contributed by atoms with van der Waals surface area (Å²) in [5, 5.41) is 6.51. The molecule has 2 fully saturated rings. The van der Waals surface area contributed by atoms with Gasteiger partial charge in [0.25, 0.3) is 0 Å². The zero-order valence-electron chi connectivity index (χ0n) is 15.3. The molecular formula is C17H34N4O2S. The van der Waals surface area contributed by atoms with Crippen LogP contribution in [0.4, 0.5) is 0 Å². The molecule has 2 atom stereocenters. The standard InChI is InChI=1S/C17H34N4O2S/c1-3-18-17(19-9-8-16-7-4-6-15(2)14-16)20-10-12-21-11-5-13-24(21,22)23/h15-16H,3-14H2,1-2H3,(H2,18,19,20). The molecule has 0 spiro atoms. The average Bonchev–Trinajstić information content (AvgIpc) is 2.86. The summed E-state index contributed by atoms with van der Waals surface area (Å²) in [5.41, 5.74) is 0. The quantitative estimate of drug-likeness (QED) is 0.537. The van der Waals surface area contributed by atoms with Gasteiger partial charge in [0.15, 0.2) is 5.96 Å². The number of guanidine groups is 1. The van der Waals surface area contributed by atoms with Crippen LogP contribution in [0.25, 0.3) is 0 Å². The highest BCUT2D eigenvalue weighted by atomic mass is 32.2. The van der Waals surface area contributed by atoms with E-state index >= 15 is 0 Å². The second kappa shape index (κ2) is 9.61. The minimum absolute atomic E-state index is 0.293. The van der Waals surface area contributed by atoms with Gasteiger partial charge in [-0.05, 0) is 38.0 Å². The first-order chi connectivity index (χ1) is 11.5. The first-order valence-electron chi connectivity index (χ1n) is 9.51. The molecule has 1 heterocycles. The molecule has 0 aromatic rings. The number of hydrogen-bond acceptors (Lipinski definition) is 3. The van der Waals surface area contributed by atoms with E-state index in [1.54, 1.807) is 4.31 Å². The normalized spacial score (nSPS) is 28.0. The van der Waals surface area contributed by atoms with Gasteiger partial charge in [-0.2, -0.15) is 0 Å². The molecule has 0 radical (unpaired) electrons. The summed E-state index contributed by atoms with van der Waals surface area (Å²) >= 11 is 0. The van der Waals surface area contributed by atoms with Crippen LogP contribution in [-0.4, -0.2) is 57.2 Å². The molecule has 2 N–H and O–H groups in total. The molecule has 1 saturated carbocycles. The molecule has 24 heavy (non-hydrogen) atoms. The molecule has 140 valence electrons. The summed E-state index contributed by atoms with van der Waals surface area (Å²) in [6, 6.07) is 0. The molecule has 1 aliphatic carbocycles. The van der Waals surface area contributed by atoms with Crippen molar-refractivity contribution < 1.29 is 8.42 Å². The SMILES string of the molecule is CCNC(=NCCC1CCCC(C)C1)NCCN1CCCS1(=O)=O. The van der Waals surface area contributed by atoms with Crippen molar-refractivity contribution in [1.29, 1.82) is 0 Å². The Morgan fingerprint density at radius 1 is 1.25 bits per heavy atom. The Balaban J connectivity index is 1.72. The molecule has 2 unspecified atom stereocenters. The number of rotatable bonds is 7. The van der Waals surface area contributed by atoms with Gasteiger partial charge in [-0.15, -0.1) is 0 Å². The van der Waals surface area contributed by atoms with Crippen molar-refractivity contribution >= 4 is 16.0 Å². The molecule has 2 rings (SSSR count). The van der Waals surface area contributed by atoms with Gasteiger partial charge in [0.2, 0.25) is 10.0 Å². The van der Waals surface area contributed by atoms with Gasteiger partial charge in [0.05, 0.1) is 5.75 Å². The summed E-state index contributed by atoms with van der Waals surface area (Å²) < 4.78 is 25.2. The van der Waals surface area contributed by atoms with Crippen LogP contribution in [0.2, 0.25) is 0 Å². The lowest BCUT2D eigenvalue weighted by Gasteiger charge is -2.26. The van der Waals surface area contributed by atoms with Crippen LogP contribution in [0.15, 0.2) is 4.99 Å². The Bertz CT molecular complexity index is 507. The summed E-state index contributed by atoms with van der Waals surface area (Å²) in [4.78, 5) is 4.66. The first kappa shape index (κ1) is 19.5. The predicted molar refractivity (Wildman–Crippen MR) is 99.7 cm³/mol. The highest BCUT2D eigenvalue weighted by Gasteiger charge is 2.27. The van der Waals surface area contributed by atoms with Gasteiger partial charge in [0, 0.05) is 32.7 Å². The molecule has 0 amide bonds. The Hall–Kier alpha value is -0.820. The number of nitrogens with zero attached hydrogens (tertiary/aromatic N) is 2. The van der Waals surface area contributed by atoms with Crippen LogP contribution in [-0.2, 0) is 10.0 Å². The highest BCUT2D eigenvalue weighted by molar-refractivity contribution is 7.89. The number of aliphatic imine (C=N–C) groups is 1. The van der Waals surface area contributed by atoms with Gasteiger partial charge in [-0.1, -0.05) is 26.2 Å². The van der Waals surface area contributed by atoms with E-state index in [1.165, 1.54) is 25.7 Å².